The van der Waals surface area contributed by atoms with Crippen LogP contribution in [0.25, 0.3) is 0 Å². The molecule has 1 fully saturated rings. The van der Waals surface area contributed by atoms with Crippen LogP contribution in [0.2, 0.25) is 0 Å². The summed E-state index contributed by atoms with van der Waals surface area (Å²) in [5.74, 6) is -3.93. The molecule has 0 saturated carbocycles. The van der Waals surface area contributed by atoms with Gasteiger partial charge in [-0.2, -0.15) is 0 Å². The van der Waals surface area contributed by atoms with Crippen LogP contribution in [-0.4, -0.2) is 30.8 Å². The molecule has 1 aliphatic rings. The van der Waals surface area contributed by atoms with Gasteiger partial charge in [-0.25, -0.2) is 13.2 Å². The molecule has 1 aromatic carbocycles. The minimum absolute atomic E-state index is 0.0986. The first-order valence-electron chi connectivity index (χ1n) is 8.06. The highest BCUT2D eigenvalue weighted by Gasteiger charge is 2.19. The highest BCUT2D eigenvalue weighted by Crippen LogP contribution is 2.17. The third-order valence-corrected chi connectivity index (χ3v) is 3.98. The highest BCUT2D eigenvalue weighted by atomic mass is 19.2. The molecule has 1 amide bonds. The Kier molecular flexibility index (Phi) is 5.89. The van der Waals surface area contributed by atoms with E-state index in [1.54, 1.807) is 0 Å². The number of benzene rings is 1. The maximum absolute atomic E-state index is 13.5. The maximum Gasteiger partial charge on any atom is 0.273 e. The summed E-state index contributed by atoms with van der Waals surface area (Å²) in [7, 11) is 0. The summed E-state index contributed by atoms with van der Waals surface area (Å²) in [6.45, 7) is 1.43. The van der Waals surface area contributed by atoms with Gasteiger partial charge in [-0.1, -0.05) is 11.2 Å². The zero-order valence-corrected chi connectivity index (χ0v) is 13.8. The lowest BCUT2D eigenvalue weighted by Crippen LogP contribution is -2.29. The molecule has 3 rings (SSSR count). The van der Waals surface area contributed by atoms with Crippen molar-refractivity contribution in [3.63, 3.8) is 0 Å². The molecule has 1 unspecified atom stereocenters. The van der Waals surface area contributed by atoms with Crippen LogP contribution in [0.3, 0.4) is 0 Å². The Morgan fingerprint density at radius 2 is 2.12 bits per heavy atom. The monoisotopic (exact) mass is 370 g/mol. The summed E-state index contributed by atoms with van der Waals surface area (Å²) >= 11 is 0. The van der Waals surface area contributed by atoms with Crippen molar-refractivity contribution >= 4 is 5.91 Å². The number of hydrogen-bond donors (Lipinski definition) is 1. The van der Waals surface area contributed by atoms with Gasteiger partial charge >= 0.3 is 0 Å². The van der Waals surface area contributed by atoms with Gasteiger partial charge in [0.2, 0.25) is 0 Å². The molecular formula is C17H17F3N2O4. The molecular weight excluding hydrogens is 353 g/mol. The lowest BCUT2D eigenvalue weighted by molar-refractivity contribution is 0.0854. The predicted octanol–water partition coefficient (Wildman–Crippen LogP) is 2.58. The summed E-state index contributed by atoms with van der Waals surface area (Å²) in [5, 5.41) is 6.39. The zero-order valence-electron chi connectivity index (χ0n) is 13.8. The van der Waals surface area contributed by atoms with Crippen molar-refractivity contribution in [3.8, 4) is 0 Å². The van der Waals surface area contributed by atoms with Crippen LogP contribution in [0, 0.1) is 23.4 Å². The van der Waals surface area contributed by atoms with Gasteiger partial charge in [0.1, 0.15) is 6.61 Å². The standard InChI is InChI=1S/C17H17F3N2O4/c18-13-2-1-11(15(19)16(13)20)8-25-9-12-5-14(22-26-12)17(23)21-6-10-3-4-24-7-10/h1-2,5,10H,3-4,6-9H2,(H,21,23). The average molecular weight is 370 g/mol. The third kappa shape index (κ3) is 4.41. The Labute approximate surface area is 147 Å². The highest BCUT2D eigenvalue weighted by molar-refractivity contribution is 5.92. The molecule has 1 aliphatic heterocycles. The molecule has 0 radical (unpaired) electrons. The van der Waals surface area contributed by atoms with Gasteiger partial charge in [0, 0.05) is 30.7 Å². The van der Waals surface area contributed by atoms with E-state index in [2.05, 4.69) is 10.5 Å². The Bertz CT molecular complexity index is 775. The van der Waals surface area contributed by atoms with E-state index in [9.17, 15) is 18.0 Å². The van der Waals surface area contributed by atoms with E-state index in [1.165, 1.54) is 6.07 Å². The van der Waals surface area contributed by atoms with Gasteiger partial charge < -0.3 is 19.3 Å². The van der Waals surface area contributed by atoms with Gasteiger partial charge in [-0.3, -0.25) is 4.79 Å². The first-order chi connectivity index (χ1) is 12.5. The van der Waals surface area contributed by atoms with Gasteiger partial charge in [0.25, 0.3) is 5.91 Å². The fourth-order valence-electron chi connectivity index (χ4n) is 2.50. The summed E-state index contributed by atoms with van der Waals surface area (Å²) in [6.07, 6.45) is 0.902. The SMILES string of the molecule is O=C(NCC1CCOC1)c1cc(COCc2ccc(F)c(F)c2F)on1. The summed E-state index contributed by atoms with van der Waals surface area (Å²) in [5.41, 5.74) is -0.0262. The second kappa shape index (κ2) is 8.33. The molecule has 1 atom stereocenters. The number of aromatic nitrogens is 1. The fraction of sp³-hybridized carbons (Fsp3) is 0.412. The summed E-state index contributed by atoms with van der Waals surface area (Å²) in [4.78, 5) is 12.0. The molecule has 26 heavy (non-hydrogen) atoms. The molecule has 0 spiro atoms. The molecule has 0 aliphatic carbocycles. The largest absolute Gasteiger partial charge is 0.381 e. The first kappa shape index (κ1) is 18.4. The number of carbonyl (C=O) groups excluding carboxylic acids is 1. The van der Waals surface area contributed by atoms with E-state index in [4.69, 9.17) is 14.0 Å². The van der Waals surface area contributed by atoms with E-state index >= 15 is 0 Å². The van der Waals surface area contributed by atoms with Gasteiger partial charge in [-0.15, -0.1) is 0 Å². The fourth-order valence-corrected chi connectivity index (χ4v) is 2.50. The van der Waals surface area contributed by atoms with Crippen molar-refractivity contribution in [1.29, 1.82) is 0 Å². The van der Waals surface area contributed by atoms with Crippen molar-refractivity contribution in [2.45, 2.75) is 19.6 Å². The van der Waals surface area contributed by atoms with Crippen LogP contribution in [-0.2, 0) is 22.7 Å². The Morgan fingerprint density at radius 3 is 2.88 bits per heavy atom. The van der Waals surface area contributed by atoms with Gasteiger partial charge in [0.15, 0.2) is 28.9 Å². The van der Waals surface area contributed by atoms with Crippen LogP contribution < -0.4 is 5.32 Å². The zero-order chi connectivity index (χ0) is 18.5. The van der Waals surface area contributed by atoms with E-state index < -0.39 is 17.5 Å². The number of nitrogens with one attached hydrogen (secondary N) is 1. The number of carbonyl (C=O) groups is 1. The lowest BCUT2D eigenvalue weighted by Gasteiger charge is -2.07. The number of nitrogens with zero attached hydrogens (tertiary/aromatic N) is 1. The van der Waals surface area contributed by atoms with Crippen LogP contribution >= 0.6 is 0 Å². The molecule has 1 N–H and O–H groups in total. The summed E-state index contributed by atoms with van der Waals surface area (Å²) < 4.78 is 54.9. The Balaban J connectivity index is 1.47. The van der Waals surface area contributed by atoms with Crippen molar-refractivity contribution in [3.05, 3.63) is 52.7 Å². The van der Waals surface area contributed by atoms with Crippen LogP contribution in [0.5, 0.6) is 0 Å². The second-order valence-electron chi connectivity index (χ2n) is 5.95. The number of amides is 1. The smallest absolute Gasteiger partial charge is 0.273 e. The van der Waals surface area contributed by atoms with Gasteiger partial charge in [0.05, 0.1) is 13.2 Å². The number of halogens is 3. The van der Waals surface area contributed by atoms with Crippen LogP contribution in [0.4, 0.5) is 13.2 Å². The molecule has 9 heteroatoms. The van der Waals surface area contributed by atoms with E-state index in [0.29, 0.717) is 25.7 Å². The summed E-state index contributed by atoms with van der Waals surface area (Å²) in [6, 6.07) is 3.32. The Morgan fingerprint density at radius 1 is 1.27 bits per heavy atom. The second-order valence-corrected chi connectivity index (χ2v) is 5.95. The number of ether oxygens (including phenoxy) is 2. The molecule has 0 bridgehead atoms. The Hall–Kier alpha value is -2.39. The van der Waals surface area contributed by atoms with Crippen LogP contribution in [0.1, 0.15) is 28.2 Å². The normalized spacial score (nSPS) is 16.8. The van der Waals surface area contributed by atoms with Gasteiger partial charge in [-0.05, 0) is 12.5 Å². The molecule has 2 aromatic rings. The van der Waals surface area contributed by atoms with Crippen molar-refractivity contribution in [2.24, 2.45) is 5.92 Å². The molecule has 140 valence electrons. The molecule has 1 saturated heterocycles. The van der Waals surface area contributed by atoms with Crippen molar-refractivity contribution < 1.29 is 32.0 Å². The lowest BCUT2D eigenvalue weighted by atomic mass is 10.1. The van der Waals surface area contributed by atoms with E-state index in [1.807, 2.05) is 0 Å². The van der Waals surface area contributed by atoms with Crippen LogP contribution in [0.15, 0.2) is 22.7 Å². The minimum Gasteiger partial charge on any atom is -0.381 e. The molecule has 6 nitrogen and oxygen atoms in total. The predicted molar refractivity (Wildman–Crippen MR) is 82.6 cm³/mol. The van der Waals surface area contributed by atoms with E-state index in [-0.39, 0.29) is 36.1 Å². The third-order valence-electron chi connectivity index (χ3n) is 3.98. The number of hydrogen-bond acceptors (Lipinski definition) is 5. The van der Waals surface area contributed by atoms with Crippen molar-refractivity contribution in [2.75, 3.05) is 19.8 Å². The van der Waals surface area contributed by atoms with E-state index in [0.717, 1.165) is 18.6 Å². The minimum atomic E-state index is -1.54. The topological polar surface area (TPSA) is 73.6 Å². The average Bonchev–Trinajstić information content (AvgIpc) is 3.31. The maximum atomic E-state index is 13.5. The van der Waals surface area contributed by atoms with Crippen molar-refractivity contribution in [1.82, 2.24) is 10.5 Å². The molecule has 1 aromatic heterocycles. The molecule has 2 heterocycles. The number of rotatable bonds is 7. The first-order valence-corrected chi connectivity index (χ1v) is 8.06. The quantitative estimate of drug-likeness (QED) is 0.759.